The number of aliphatic hydroxyl groups is 1. The molecule has 1 N–H and O–H groups in total. The molecule has 1 aliphatic rings. The predicted molar refractivity (Wildman–Crippen MR) is 95.3 cm³/mol. The van der Waals surface area contributed by atoms with E-state index >= 15 is 0 Å². The second-order valence-corrected chi connectivity index (χ2v) is 6.46. The Morgan fingerprint density at radius 3 is 2.42 bits per heavy atom. The highest BCUT2D eigenvalue weighted by molar-refractivity contribution is 6.01. The third-order valence-corrected chi connectivity index (χ3v) is 4.59. The van der Waals surface area contributed by atoms with E-state index in [2.05, 4.69) is 5.16 Å². The van der Waals surface area contributed by atoms with E-state index in [1.165, 1.54) is 6.92 Å². The first kappa shape index (κ1) is 18.1. The Hall–Kier alpha value is -2.67. The number of aromatic nitrogens is 1. The number of hydrogen-bond acceptors (Lipinski definition) is 5. The number of nitrogens with zero attached hydrogens (tertiary/aromatic N) is 3. The minimum Gasteiger partial charge on any atom is -0.385 e. The largest absolute Gasteiger partial charge is 0.385 e. The average Bonchev–Trinajstić information content (AvgIpc) is 2.92. The van der Waals surface area contributed by atoms with Crippen LogP contribution >= 0.6 is 0 Å². The zero-order valence-corrected chi connectivity index (χ0v) is 15.0. The van der Waals surface area contributed by atoms with Crippen molar-refractivity contribution in [3.63, 3.8) is 0 Å². The van der Waals surface area contributed by atoms with Crippen molar-refractivity contribution < 1.29 is 19.2 Å². The monoisotopic (exact) mass is 357 g/mol. The van der Waals surface area contributed by atoms with Gasteiger partial charge in [0, 0.05) is 38.7 Å². The summed E-state index contributed by atoms with van der Waals surface area (Å²) >= 11 is 0. The van der Waals surface area contributed by atoms with Crippen molar-refractivity contribution in [2.45, 2.75) is 26.4 Å². The number of aliphatic hydroxyl groups excluding tert-OH is 1. The summed E-state index contributed by atoms with van der Waals surface area (Å²) in [4.78, 5) is 28.3. The van der Waals surface area contributed by atoms with E-state index in [9.17, 15) is 14.7 Å². The fourth-order valence-electron chi connectivity index (χ4n) is 3.18. The maximum Gasteiger partial charge on any atom is 0.259 e. The van der Waals surface area contributed by atoms with Gasteiger partial charge in [0.05, 0.1) is 0 Å². The summed E-state index contributed by atoms with van der Waals surface area (Å²) in [6.45, 7) is 5.20. The van der Waals surface area contributed by atoms with E-state index in [4.69, 9.17) is 4.52 Å². The van der Waals surface area contributed by atoms with Gasteiger partial charge in [-0.15, -0.1) is 0 Å². The van der Waals surface area contributed by atoms with Crippen molar-refractivity contribution in [1.29, 1.82) is 0 Å². The van der Waals surface area contributed by atoms with Gasteiger partial charge in [0.15, 0.2) is 5.76 Å². The highest BCUT2D eigenvalue weighted by Gasteiger charge is 2.31. The maximum atomic E-state index is 13.2. The molecule has 1 unspecified atom stereocenters. The lowest BCUT2D eigenvalue weighted by Crippen LogP contribution is -2.37. The fraction of sp³-hybridized carbons (Fsp3) is 0.421. The van der Waals surface area contributed by atoms with Gasteiger partial charge in [-0.2, -0.15) is 0 Å². The van der Waals surface area contributed by atoms with E-state index in [0.29, 0.717) is 43.9 Å². The molecular formula is C19H23N3O4. The number of hydrogen-bond donors (Lipinski definition) is 1. The van der Waals surface area contributed by atoms with Gasteiger partial charge in [0.2, 0.25) is 5.91 Å². The van der Waals surface area contributed by atoms with Crippen LogP contribution in [0.1, 0.15) is 42.5 Å². The first-order valence-corrected chi connectivity index (χ1v) is 8.77. The van der Waals surface area contributed by atoms with Gasteiger partial charge in [-0.05, 0) is 13.3 Å². The van der Waals surface area contributed by atoms with Gasteiger partial charge in [-0.1, -0.05) is 35.5 Å². The van der Waals surface area contributed by atoms with Crippen LogP contribution in [0, 0.1) is 0 Å². The summed E-state index contributed by atoms with van der Waals surface area (Å²) in [5.41, 5.74) is 1.48. The highest BCUT2D eigenvalue weighted by atomic mass is 16.5. The van der Waals surface area contributed by atoms with Crippen molar-refractivity contribution in [3.8, 4) is 11.3 Å². The van der Waals surface area contributed by atoms with E-state index in [1.54, 1.807) is 16.7 Å². The third kappa shape index (κ3) is 3.62. The normalized spacial score (nSPS) is 16.3. The molecule has 0 saturated carbocycles. The van der Waals surface area contributed by atoms with Crippen LogP contribution < -0.4 is 0 Å². The second-order valence-electron chi connectivity index (χ2n) is 6.46. The van der Waals surface area contributed by atoms with Crippen LogP contribution in [0.4, 0.5) is 0 Å². The molecule has 7 heteroatoms. The molecule has 0 bridgehead atoms. The molecule has 1 fully saturated rings. The van der Waals surface area contributed by atoms with Gasteiger partial charge in [0.1, 0.15) is 17.4 Å². The average molecular weight is 357 g/mol. The number of benzene rings is 1. The number of amides is 2. The van der Waals surface area contributed by atoms with Crippen LogP contribution in [0.15, 0.2) is 34.9 Å². The van der Waals surface area contributed by atoms with Crippen LogP contribution in [0.3, 0.4) is 0 Å². The lowest BCUT2D eigenvalue weighted by atomic mass is 10.0. The highest BCUT2D eigenvalue weighted by Crippen LogP contribution is 2.30. The summed E-state index contributed by atoms with van der Waals surface area (Å²) < 4.78 is 5.30. The SMILES string of the molecule is CC(=O)N1CCCN(C(=O)c2c(-c3ccccc3)noc2C(C)O)CC1. The minimum absolute atomic E-state index is 0.0129. The third-order valence-electron chi connectivity index (χ3n) is 4.59. The van der Waals surface area contributed by atoms with E-state index in [-0.39, 0.29) is 17.6 Å². The number of carbonyl (C=O) groups is 2. The Kier molecular flexibility index (Phi) is 5.37. The molecular weight excluding hydrogens is 334 g/mol. The lowest BCUT2D eigenvalue weighted by molar-refractivity contribution is -0.128. The van der Waals surface area contributed by atoms with Gasteiger partial charge >= 0.3 is 0 Å². The Morgan fingerprint density at radius 2 is 1.77 bits per heavy atom. The summed E-state index contributed by atoms with van der Waals surface area (Å²) in [6.07, 6.45) is -0.235. The van der Waals surface area contributed by atoms with Gasteiger partial charge < -0.3 is 19.4 Å². The predicted octanol–water partition coefficient (Wildman–Crippen LogP) is 2.09. The molecule has 1 aromatic heterocycles. The first-order valence-electron chi connectivity index (χ1n) is 8.77. The van der Waals surface area contributed by atoms with Crippen LogP contribution in [0.5, 0.6) is 0 Å². The summed E-state index contributed by atoms with van der Waals surface area (Å²) in [6, 6.07) is 9.29. The molecule has 1 aliphatic heterocycles. The smallest absolute Gasteiger partial charge is 0.259 e. The van der Waals surface area contributed by atoms with Crippen molar-refractivity contribution in [2.75, 3.05) is 26.2 Å². The summed E-state index contributed by atoms with van der Waals surface area (Å²) in [7, 11) is 0. The molecule has 1 aromatic carbocycles. The second kappa shape index (κ2) is 7.70. The van der Waals surface area contributed by atoms with Crippen LogP contribution in [0.25, 0.3) is 11.3 Å². The molecule has 0 aliphatic carbocycles. The van der Waals surface area contributed by atoms with Gasteiger partial charge in [0.25, 0.3) is 5.91 Å². The van der Waals surface area contributed by atoms with Crippen molar-refractivity contribution >= 4 is 11.8 Å². The topological polar surface area (TPSA) is 86.9 Å². The van der Waals surface area contributed by atoms with Crippen molar-refractivity contribution in [3.05, 3.63) is 41.7 Å². The summed E-state index contributed by atoms with van der Waals surface area (Å²) in [5, 5.41) is 14.1. The molecule has 0 spiro atoms. The Labute approximate surface area is 152 Å². The molecule has 3 rings (SSSR count). The Balaban J connectivity index is 1.93. The quantitative estimate of drug-likeness (QED) is 0.909. The van der Waals surface area contributed by atoms with E-state index in [1.807, 2.05) is 30.3 Å². The van der Waals surface area contributed by atoms with Crippen LogP contribution in [-0.2, 0) is 4.79 Å². The minimum atomic E-state index is -0.945. The molecule has 26 heavy (non-hydrogen) atoms. The van der Waals surface area contributed by atoms with E-state index < -0.39 is 6.10 Å². The Bertz CT molecular complexity index is 785. The molecule has 2 amide bonds. The number of carbonyl (C=O) groups excluding carboxylic acids is 2. The zero-order chi connectivity index (χ0) is 18.7. The lowest BCUT2D eigenvalue weighted by Gasteiger charge is -2.21. The molecule has 1 saturated heterocycles. The van der Waals surface area contributed by atoms with Crippen LogP contribution in [0.2, 0.25) is 0 Å². The molecule has 7 nitrogen and oxygen atoms in total. The Morgan fingerprint density at radius 1 is 1.12 bits per heavy atom. The molecule has 2 aromatic rings. The fourth-order valence-corrected chi connectivity index (χ4v) is 3.18. The zero-order valence-electron chi connectivity index (χ0n) is 15.0. The molecule has 138 valence electrons. The standard InChI is InChI=1S/C19H23N3O4/c1-13(23)18-16(17(20-26-18)15-7-4-3-5-8-15)19(25)22-10-6-9-21(11-12-22)14(2)24/h3-5,7-8,13,23H,6,9-12H2,1-2H3. The van der Waals surface area contributed by atoms with Gasteiger partial charge in [-0.3, -0.25) is 9.59 Å². The van der Waals surface area contributed by atoms with Crippen LogP contribution in [-0.4, -0.2) is 58.1 Å². The summed E-state index contributed by atoms with van der Waals surface area (Å²) in [5.74, 6) is -0.0492. The van der Waals surface area contributed by atoms with Crippen molar-refractivity contribution in [2.24, 2.45) is 0 Å². The molecule has 2 heterocycles. The van der Waals surface area contributed by atoms with E-state index in [0.717, 1.165) is 5.56 Å². The first-order chi connectivity index (χ1) is 12.5. The van der Waals surface area contributed by atoms with Gasteiger partial charge in [-0.25, -0.2) is 0 Å². The molecule has 1 atom stereocenters. The van der Waals surface area contributed by atoms with Crippen molar-refractivity contribution in [1.82, 2.24) is 15.0 Å². The number of rotatable bonds is 3. The maximum absolute atomic E-state index is 13.2. The molecule has 0 radical (unpaired) electrons.